The Morgan fingerprint density at radius 2 is 1.76 bits per heavy atom. The summed E-state index contributed by atoms with van der Waals surface area (Å²) in [7, 11) is 0. The highest BCUT2D eigenvalue weighted by Crippen LogP contribution is 2.21. The zero-order valence-electron chi connectivity index (χ0n) is 13.9. The summed E-state index contributed by atoms with van der Waals surface area (Å²) in [5, 5.41) is 11.8. The van der Waals surface area contributed by atoms with Gasteiger partial charge in [-0.3, -0.25) is 9.59 Å². The van der Waals surface area contributed by atoms with Gasteiger partial charge in [-0.25, -0.2) is 4.39 Å². The topological polar surface area (TPSA) is 75.6 Å². The fourth-order valence-corrected chi connectivity index (χ4v) is 2.29. The van der Waals surface area contributed by atoms with Crippen LogP contribution in [0.5, 0.6) is 5.75 Å². The maximum atomic E-state index is 13.0. The van der Waals surface area contributed by atoms with E-state index in [0.29, 0.717) is 17.9 Å². The molecule has 0 saturated heterocycles. The van der Waals surface area contributed by atoms with Gasteiger partial charge in [0.1, 0.15) is 11.6 Å². The molecule has 5 nitrogen and oxygen atoms in total. The number of halogens is 1. The molecular formula is C19H20FNO4. The number of carbonyl (C=O) groups is 2. The standard InChI is InChI=1S/C19H20FNO4/c1-2-11-25-16-9-5-13(6-10-16)17(12-18(22)23)21-19(24)14-3-7-15(20)8-4-14/h3-10,17H,2,11-12H2,1H3,(H,21,24)(H,22,23)/t17-/m1/s1. The van der Waals surface area contributed by atoms with Gasteiger partial charge in [-0.15, -0.1) is 0 Å². The Bertz CT molecular complexity index is 713. The lowest BCUT2D eigenvalue weighted by atomic mass is 10.0. The molecule has 1 amide bonds. The first-order valence-corrected chi connectivity index (χ1v) is 8.00. The molecular weight excluding hydrogens is 325 g/mol. The van der Waals surface area contributed by atoms with Crippen LogP contribution in [0, 0.1) is 5.82 Å². The van der Waals surface area contributed by atoms with E-state index in [4.69, 9.17) is 9.84 Å². The average molecular weight is 345 g/mol. The second-order valence-electron chi connectivity index (χ2n) is 5.55. The smallest absolute Gasteiger partial charge is 0.305 e. The summed E-state index contributed by atoms with van der Waals surface area (Å²) in [6.45, 7) is 2.60. The number of rotatable bonds is 8. The molecule has 0 bridgehead atoms. The second-order valence-corrected chi connectivity index (χ2v) is 5.55. The molecule has 6 heteroatoms. The number of carboxylic acids is 1. The van der Waals surface area contributed by atoms with Crippen molar-refractivity contribution in [1.29, 1.82) is 0 Å². The molecule has 0 aliphatic rings. The Balaban J connectivity index is 2.13. The number of hydrogen-bond donors (Lipinski definition) is 2. The maximum absolute atomic E-state index is 13.0. The molecule has 2 aromatic carbocycles. The van der Waals surface area contributed by atoms with Crippen LogP contribution in [-0.4, -0.2) is 23.6 Å². The van der Waals surface area contributed by atoms with E-state index in [1.54, 1.807) is 24.3 Å². The molecule has 25 heavy (non-hydrogen) atoms. The Morgan fingerprint density at radius 1 is 1.12 bits per heavy atom. The molecule has 132 valence electrons. The number of hydrogen-bond acceptors (Lipinski definition) is 3. The monoisotopic (exact) mass is 345 g/mol. The van der Waals surface area contributed by atoms with Gasteiger partial charge in [0.05, 0.1) is 19.1 Å². The van der Waals surface area contributed by atoms with Gasteiger partial charge < -0.3 is 15.2 Å². The van der Waals surface area contributed by atoms with Crippen molar-refractivity contribution in [2.75, 3.05) is 6.61 Å². The molecule has 0 fully saturated rings. The lowest BCUT2D eigenvalue weighted by Gasteiger charge is -2.18. The van der Waals surface area contributed by atoms with E-state index < -0.39 is 23.7 Å². The van der Waals surface area contributed by atoms with Crippen molar-refractivity contribution in [3.05, 3.63) is 65.5 Å². The average Bonchev–Trinajstić information content (AvgIpc) is 2.60. The first-order chi connectivity index (χ1) is 12.0. The van der Waals surface area contributed by atoms with E-state index in [1.807, 2.05) is 6.92 Å². The van der Waals surface area contributed by atoms with Crippen molar-refractivity contribution < 1.29 is 23.8 Å². The number of benzene rings is 2. The van der Waals surface area contributed by atoms with E-state index in [-0.39, 0.29) is 12.0 Å². The Labute approximate surface area is 145 Å². The van der Waals surface area contributed by atoms with Crippen LogP contribution in [0.25, 0.3) is 0 Å². The zero-order valence-corrected chi connectivity index (χ0v) is 13.9. The molecule has 0 aliphatic carbocycles. The Morgan fingerprint density at radius 3 is 2.32 bits per heavy atom. The molecule has 0 unspecified atom stereocenters. The van der Waals surface area contributed by atoms with Gasteiger partial charge in [0.15, 0.2) is 0 Å². The van der Waals surface area contributed by atoms with Crippen molar-refractivity contribution in [3.63, 3.8) is 0 Å². The molecule has 2 aromatic rings. The van der Waals surface area contributed by atoms with Gasteiger partial charge in [0, 0.05) is 5.56 Å². The van der Waals surface area contributed by atoms with Gasteiger partial charge >= 0.3 is 5.97 Å². The highest BCUT2D eigenvalue weighted by molar-refractivity contribution is 5.94. The summed E-state index contributed by atoms with van der Waals surface area (Å²) in [5.74, 6) is -1.25. The molecule has 0 heterocycles. The normalized spacial score (nSPS) is 11.6. The summed E-state index contributed by atoms with van der Waals surface area (Å²) in [4.78, 5) is 23.4. The summed E-state index contributed by atoms with van der Waals surface area (Å²) >= 11 is 0. The summed E-state index contributed by atoms with van der Waals surface area (Å²) < 4.78 is 18.4. The minimum atomic E-state index is -1.03. The van der Waals surface area contributed by atoms with Crippen molar-refractivity contribution in [2.24, 2.45) is 0 Å². The predicted octanol–water partition coefficient (Wildman–Crippen LogP) is 3.56. The first-order valence-electron chi connectivity index (χ1n) is 8.00. The summed E-state index contributed by atoms with van der Waals surface area (Å²) in [6, 6.07) is 11.3. The predicted molar refractivity (Wildman–Crippen MR) is 91.1 cm³/mol. The quantitative estimate of drug-likeness (QED) is 0.767. The number of aliphatic carboxylic acids is 1. The van der Waals surface area contributed by atoms with Gasteiger partial charge in [-0.2, -0.15) is 0 Å². The van der Waals surface area contributed by atoms with Gasteiger partial charge in [-0.1, -0.05) is 19.1 Å². The van der Waals surface area contributed by atoms with Crippen molar-refractivity contribution >= 4 is 11.9 Å². The molecule has 0 spiro atoms. The van der Waals surface area contributed by atoms with Crippen molar-refractivity contribution in [2.45, 2.75) is 25.8 Å². The SMILES string of the molecule is CCCOc1ccc([C@@H](CC(=O)O)NC(=O)c2ccc(F)cc2)cc1. The number of amides is 1. The molecule has 1 atom stereocenters. The highest BCUT2D eigenvalue weighted by atomic mass is 19.1. The molecule has 2 N–H and O–H groups in total. The number of carboxylic acid groups (broad SMARTS) is 1. The molecule has 0 aliphatic heterocycles. The van der Waals surface area contributed by atoms with Crippen LogP contribution >= 0.6 is 0 Å². The zero-order chi connectivity index (χ0) is 18.2. The fourth-order valence-electron chi connectivity index (χ4n) is 2.29. The first kappa shape index (κ1) is 18.4. The summed E-state index contributed by atoms with van der Waals surface area (Å²) in [6.07, 6.45) is 0.624. The van der Waals surface area contributed by atoms with E-state index in [9.17, 15) is 14.0 Å². The van der Waals surface area contributed by atoms with E-state index >= 15 is 0 Å². The number of carbonyl (C=O) groups excluding carboxylic acids is 1. The Hall–Kier alpha value is -2.89. The van der Waals surface area contributed by atoms with E-state index in [0.717, 1.165) is 6.42 Å². The largest absolute Gasteiger partial charge is 0.494 e. The number of ether oxygens (including phenoxy) is 1. The minimum absolute atomic E-state index is 0.262. The van der Waals surface area contributed by atoms with Gasteiger partial charge in [-0.05, 0) is 48.4 Å². The number of nitrogens with one attached hydrogen (secondary N) is 1. The van der Waals surface area contributed by atoms with Gasteiger partial charge in [0.2, 0.25) is 0 Å². The van der Waals surface area contributed by atoms with Crippen LogP contribution in [-0.2, 0) is 4.79 Å². The molecule has 0 saturated carbocycles. The Kier molecular flexibility index (Phi) is 6.51. The van der Waals surface area contributed by atoms with Crippen LogP contribution < -0.4 is 10.1 Å². The highest BCUT2D eigenvalue weighted by Gasteiger charge is 2.19. The van der Waals surface area contributed by atoms with Crippen LogP contribution in [0.1, 0.15) is 41.7 Å². The van der Waals surface area contributed by atoms with Crippen LogP contribution in [0.2, 0.25) is 0 Å². The van der Waals surface area contributed by atoms with E-state index in [1.165, 1.54) is 24.3 Å². The van der Waals surface area contributed by atoms with Crippen LogP contribution in [0.4, 0.5) is 4.39 Å². The molecule has 2 rings (SSSR count). The third kappa shape index (κ3) is 5.60. The van der Waals surface area contributed by atoms with Gasteiger partial charge in [0.25, 0.3) is 5.91 Å². The fraction of sp³-hybridized carbons (Fsp3) is 0.263. The second kappa shape index (κ2) is 8.82. The minimum Gasteiger partial charge on any atom is -0.494 e. The molecule has 0 radical (unpaired) electrons. The maximum Gasteiger partial charge on any atom is 0.305 e. The van der Waals surface area contributed by atoms with Crippen molar-refractivity contribution in [1.82, 2.24) is 5.32 Å². The van der Waals surface area contributed by atoms with Crippen LogP contribution in [0.15, 0.2) is 48.5 Å². The molecule has 0 aromatic heterocycles. The third-order valence-electron chi connectivity index (χ3n) is 3.55. The van der Waals surface area contributed by atoms with E-state index in [2.05, 4.69) is 5.32 Å². The van der Waals surface area contributed by atoms with Crippen molar-refractivity contribution in [3.8, 4) is 5.75 Å². The lowest BCUT2D eigenvalue weighted by molar-refractivity contribution is -0.137. The third-order valence-corrected chi connectivity index (χ3v) is 3.55. The lowest BCUT2D eigenvalue weighted by Crippen LogP contribution is -2.30. The van der Waals surface area contributed by atoms with Crippen LogP contribution in [0.3, 0.4) is 0 Å². The summed E-state index contributed by atoms with van der Waals surface area (Å²) in [5.41, 5.74) is 0.918.